The average molecular weight is 227 g/mol. The van der Waals surface area contributed by atoms with E-state index in [0.717, 1.165) is 11.3 Å². The van der Waals surface area contributed by atoms with E-state index in [0.29, 0.717) is 11.1 Å². The van der Waals surface area contributed by atoms with Crippen molar-refractivity contribution in [1.82, 2.24) is 4.98 Å². The molecule has 2 aromatic rings. The molecule has 0 unspecified atom stereocenters. The summed E-state index contributed by atoms with van der Waals surface area (Å²) in [7, 11) is 1.60. The Bertz CT molecular complexity index is 532. The molecule has 0 saturated carbocycles. The van der Waals surface area contributed by atoms with Gasteiger partial charge in [0, 0.05) is 23.5 Å². The molecule has 0 atom stereocenters. The molecule has 3 nitrogen and oxygen atoms in total. The third-order valence-corrected chi connectivity index (χ3v) is 2.49. The minimum absolute atomic E-state index is 0.0242. The number of aromatic nitrogens is 1. The lowest BCUT2D eigenvalue weighted by Crippen LogP contribution is -2.02. The van der Waals surface area contributed by atoms with Crippen LogP contribution < -0.4 is 4.74 Å². The molecule has 2 rings (SSSR count). The van der Waals surface area contributed by atoms with Crippen molar-refractivity contribution in [3.05, 3.63) is 59.4 Å². The molecule has 0 N–H and O–H groups in total. The Morgan fingerprint density at radius 3 is 2.41 bits per heavy atom. The summed E-state index contributed by atoms with van der Waals surface area (Å²) in [5.74, 6) is 0.716. The topological polar surface area (TPSA) is 39.2 Å². The third kappa shape index (κ3) is 2.50. The summed E-state index contributed by atoms with van der Waals surface area (Å²) in [5.41, 5.74) is 2.22. The first-order chi connectivity index (χ1) is 8.20. The molecule has 0 fully saturated rings. The standard InChI is InChI=1S/C14H13NO2/c1-10-7-12(9-15-8-10)14(16)11-3-5-13(17-2)6-4-11/h3-9H,1-2H3. The number of methoxy groups -OCH3 is 1. The third-order valence-electron chi connectivity index (χ3n) is 2.49. The molecule has 0 amide bonds. The van der Waals surface area contributed by atoms with Gasteiger partial charge in [-0.25, -0.2) is 0 Å². The maximum absolute atomic E-state index is 12.1. The molecule has 0 radical (unpaired) electrons. The minimum Gasteiger partial charge on any atom is -0.497 e. The van der Waals surface area contributed by atoms with Crippen LogP contribution in [0.2, 0.25) is 0 Å². The van der Waals surface area contributed by atoms with E-state index in [2.05, 4.69) is 4.98 Å². The quantitative estimate of drug-likeness (QED) is 0.757. The number of carbonyl (C=O) groups is 1. The smallest absolute Gasteiger partial charge is 0.194 e. The van der Waals surface area contributed by atoms with Crippen LogP contribution in [0.1, 0.15) is 21.5 Å². The number of benzene rings is 1. The van der Waals surface area contributed by atoms with E-state index in [1.54, 1.807) is 43.8 Å². The van der Waals surface area contributed by atoms with Crippen molar-refractivity contribution in [2.75, 3.05) is 7.11 Å². The fourth-order valence-electron chi connectivity index (χ4n) is 1.59. The van der Waals surface area contributed by atoms with Gasteiger partial charge in [-0.15, -0.1) is 0 Å². The molecule has 3 heteroatoms. The highest BCUT2D eigenvalue weighted by molar-refractivity contribution is 6.08. The summed E-state index contributed by atoms with van der Waals surface area (Å²) in [4.78, 5) is 16.1. The molecule has 0 aliphatic carbocycles. The maximum atomic E-state index is 12.1. The lowest BCUT2D eigenvalue weighted by molar-refractivity contribution is 0.103. The summed E-state index contributed by atoms with van der Waals surface area (Å²) in [6.45, 7) is 1.91. The number of ketones is 1. The van der Waals surface area contributed by atoms with Gasteiger partial charge in [-0.2, -0.15) is 0 Å². The summed E-state index contributed by atoms with van der Waals surface area (Å²) in [6, 6.07) is 8.89. The second kappa shape index (κ2) is 4.78. The molecule has 0 aliphatic heterocycles. The molecular weight excluding hydrogens is 214 g/mol. The van der Waals surface area contributed by atoms with Gasteiger partial charge in [0.1, 0.15) is 5.75 Å². The highest BCUT2D eigenvalue weighted by Crippen LogP contribution is 2.15. The van der Waals surface area contributed by atoms with E-state index in [1.165, 1.54) is 0 Å². The van der Waals surface area contributed by atoms with E-state index in [9.17, 15) is 4.79 Å². The lowest BCUT2D eigenvalue weighted by Gasteiger charge is -2.03. The first kappa shape index (κ1) is 11.3. The van der Waals surface area contributed by atoms with Crippen LogP contribution in [0, 0.1) is 6.92 Å². The van der Waals surface area contributed by atoms with Crippen molar-refractivity contribution < 1.29 is 9.53 Å². The highest BCUT2D eigenvalue weighted by Gasteiger charge is 2.09. The fraction of sp³-hybridized carbons (Fsp3) is 0.143. The number of pyridine rings is 1. The normalized spacial score (nSPS) is 10.0. The van der Waals surface area contributed by atoms with Gasteiger partial charge >= 0.3 is 0 Å². The Morgan fingerprint density at radius 1 is 1.12 bits per heavy atom. The van der Waals surface area contributed by atoms with E-state index < -0.39 is 0 Å². The van der Waals surface area contributed by atoms with E-state index in [4.69, 9.17) is 4.74 Å². The Kier molecular flexibility index (Phi) is 3.19. The van der Waals surface area contributed by atoms with Crippen LogP contribution in [-0.4, -0.2) is 17.9 Å². The number of hydrogen-bond donors (Lipinski definition) is 0. The summed E-state index contributed by atoms with van der Waals surface area (Å²) >= 11 is 0. The predicted octanol–water partition coefficient (Wildman–Crippen LogP) is 2.63. The molecule has 1 heterocycles. The van der Waals surface area contributed by atoms with Crippen molar-refractivity contribution in [3.63, 3.8) is 0 Å². The SMILES string of the molecule is COc1ccc(C(=O)c2cncc(C)c2)cc1. The zero-order chi connectivity index (χ0) is 12.3. The van der Waals surface area contributed by atoms with Crippen molar-refractivity contribution in [3.8, 4) is 5.75 Å². The van der Waals surface area contributed by atoms with Crippen LogP contribution in [-0.2, 0) is 0 Å². The molecule has 0 bridgehead atoms. The van der Waals surface area contributed by atoms with Gasteiger partial charge in [-0.3, -0.25) is 9.78 Å². The average Bonchev–Trinajstić information content (AvgIpc) is 2.38. The summed E-state index contributed by atoms with van der Waals surface area (Å²) in [6.07, 6.45) is 3.31. The summed E-state index contributed by atoms with van der Waals surface area (Å²) < 4.78 is 5.05. The Balaban J connectivity index is 2.30. The largest absolute Gasteiger partial charge is 0.497 e. The van der Waals surface area contributed by atoms with E-state index in [-0.39, 0.29) is 5.78 Å². The van der Waals surface area contributed by atoms with E-state index in [1.807, 2.05) is 13.0 Å². The first-order valence-electron chi connectivity index (χ1n) is 5.31. The maximum Gasteiger partial charge on any atom is 0.194 e. The summed E-state index contributed by atoms with van der Waals surface area (Å²) in [5, 5.41) is 0. The minimum atomic E-state index is -0.0242. The molecule has 0 saturated heterocycles. The van der Waals surface area contributed by atoms with Gasteiger partial charge in [0.05, 0.1) is 7.11 Å². The van der Waals surface area contributed by atoms with Crippen LogP contribution in [0.15, 0.2) is 42.7 Å². The molecule has 86 valence electrons. The van der Waals surface area contributed by atoms with E-state index >= 15 is 0 Å². The van der Waals surface area contributed by atoms with Crippen LogP contribution in [0.5, 0.6) is 5.75 Å². The van der Waals surface area contributed by atoms with Gasteiger partial charge in [0.25, 0.3) is 0 Å². The van der Waals surface area contributed by atoms with Crippen molar-refractivity contribution in [2.45, 2.75) is 6.92 Å². The Hall–Kier alpha value is -2.16. The molecular formula is C14H13NO2. The molecule has 17 heavy (non-hydrogen) atoms. The fourth-order valence-corrected chi connectivity index (χ4v) is 1.59. The number of carbonyl (C=O) groups excluding carboxylic acids is 1. The number of hydrogen-bond acceptors (Lipinski definition) is 3. The van der Waals surface area contributed by atoms with Crippen LogP contribution in [0.3, 0.4) is 0 Å². The number of nitrogens with zero attached hydrogens (tertiary/aromatic N) is 1. The number of rotatable bonds is 3. The van der Waals surface area contributed by atoms with Gasteiger partial charge in [0.2, 0.25) is 0 Å². The molecule has 0 spiro atoms. The monoisotopic (exact) mass is 227 g/mol. The van der Waals surface area contributed by atoms with Crippen molar-refractivity contribution >= 4 is 5.78 Å². The second-order valence-electron chi connectivity index (χ2n) is 3.81. The molecule has 1 aromatic carbocycles. The van der Waals surface area contributed by atoms with Crippen molar-refractivity contribution in [2.24, 2.45) is 0 Å². The molecule has 0 aliphatic rings. The van der Waals surface area contributed by atoms with Gasteiger partial charge in [0.15, 0.2) is 5.78 Å². The van der Waals surface area contributed by atoms with Crippen LogP contribution in [0.25, 0.3) is 0 Å². The first-order valence-corrected chi connectivity index (χ1v) is 5.31. The van der Waals surface area contributed by atoms with Gasteiger partial charge in [-0.1, -0.05) is 0 Å². The second-order valence-corrected chi connectivity index (χ2v) is 3.81. The van der Waals surface area contributed by atoms with Crippen LogP contribution >= 0.6 is 0 Å². The zero-order valence-electron chi connectivity index (χ0n) is 9.81. The van der Waals surface area contributed by atoms with Crippen molar-refractivity contribution in [1.29, 1.82) is 0 Å². The zero-order valence-corrected chi connectivity index (χ0v) is 9.81. The predicted molar refractivity (Wildman–Crippen MR) is 65.4 cm³/mol. The Labute approximate surface area is 100 Å². The number of aryl methyl sites for hydroxylation is 1. The van der Waals surface area contributed by atoms with Gasteiger partial charge < -0.3 is 4.74 Å². The number of ether oxygens (including phenoxy) is 1. The lowest BCUT2D eigenvalue weighted by atomic mass is 10.0. The van der Waals surface area contributed by atoms with Crippen LogP contribution in [0.4, 0.5) is 0 Å². The molecule has 1 aromatic heterocycles. The highest BCUT2D eigenvalue weighted by atomic mass is 16.5. The van der Waals surface area contributed by atoms with Gasteiger partial charge in [-0.05, 0) is 42.8 Å². The Morgan fingerprint density at radius 2 is 1.82 bits per heavy atom.